The van der Waals surface area contributed by atoms with Crippen LogP contribution in [0.5, 0.6) is 0 Å². The topological polar surface area (TPSA) is 158 Å². The molecule has 0 rings (SSSR count). The number of esters is 6. The second kappa shape index (κ2) is 15.6. The fourth-order valence-electron chi connectivity index (χ4n) is 1.57. The fraction of sp³-hybridized carbons (Fsp3) is 0.300. The molecule has 0 bridgehead atoms. The normalized spacial score (nSPS) is 9.69. The van der Waals surface area contributed by atoms with Crippen molar-refractivity contribution < 1.29 is 57.2 Å². The third-order valence-electron chi connectivity index (χ3n) is 2.95. The maximum atomic E-state index is 11.8. The molecule has 0 fully saturated rings. The van der Waals surface area contributed by atoms with Gasteiger partial charge in [-0.15, -0.1) is 0 Å². The van der Waals surface area contributed by atoms with E-state index in [4.69, 9.17) is 9.47 Å². The van der Waals surface area contributed by atoms with Crippen molar-refractivity contribution in [2.45, 2.75) is 25.4 Å². The summed E-state index contributed by atoms with van der Waals surface area (Å²) >= 11 is 0. The number of rotatable bonds is 15. The molecule has 0 aromatic carbocycles. The SMILES string of the molecule is C=CC(=O)OC(COC(=O)CCC(=O)OCC(OC(=O)C=C)OC(=O)C=C)OC(=O)C=C. The summed E-state index contributed by atoms with van der Waals surface area (Å²) in [5.41, 5.74) is 0. The highest BCUT2D eigenvalue weighted by Crippen LogP contribution is 2.04. The van der Waals surface area contributed by atoms with Crippen molar-refractivity contribution in [1.29, 1.82) is 0 Å². The van der Waals surface area contributed by atoms with Crippen LogP contribution in [-0.2, 0) is 57.2 Å². The molecule has 0 saturated carbocycles. The lowest BCUT2D eigenvalue weighted by Gasteiger charge is -2.17. The van der Waals surface area contributed by atoms with Gasteiger partial charge in [0.1, 0.15) is 0 Å². The van der Waals surface area contributed by atoms with Gasteiger partial charge >= 0.3 is 35.8 Å². The summed E-state index contributed by atoms with van der Waals surface area (Å²) in [6.45, 7) is 11.4. The van der Waals surface area contributed by atoms with Gasteiger partial charge in [0.05, 0.1) is 12.8 Å². The van der Waals surface area contributed by atoms with Gasteiger partial charge in [0, 0.05) is 24.3 Å². The first-order valence-electron chi connectivity index (χ1n) is 8.78. The Bertz CT molecular complexity index is 659. The smallest absolute Gasteiger partial charge is 0.333 e. The Morgan fingerprint density at radius 1 is 0.531 bits per heavy atom. The highest BCUT2D eigenvalue weighted by atomic mass is 16.7. The molecule has 0 aliphatic heterocycles. The van der Waals surface area contributed by atoms with Gasteiger partial charge in [-0.2, -0.15) is 0 Å². The highest BCUT2D eigenvalue weighted by Gasteiger charge is 2.21. The summed E-state index contributed by atoms with van der Waals surface area (Å²) in [5, 5.41) is 0. The number of hydrogen-bond acceptors (Lipinski definition) is 12. The number of carbonyl (C=O) groups excluding carboxylic acids is 6. The molecular formula is C20H22O12. The molecule has 0 spiro atoms. The van der Waals surface area contributed by atoms with Crippen LogP contribution in [0.15, 0.2) is 50.6 Å². The lowest BCUT2D eigenvalue weighted by Crippen LogP contribution is -2.30. The predicted octanol–water partition coefficient (Wildman–Crippen LogP) is 0.422. The molecular weight excluding hydrogens is 432 g/mol. The van der Waals surface area contributed by atoms with Crippen molar-refractivity contribution in [1.82, 2.24) is 0 Å². The summed E-state index contributed by atoms with van der Waals surface area (Å²) in [5.74, 6) is -5.57. The summed E-state index contributed by atoms with van der Waals surface area (Å²) in [6, 6.07) is 0. The monoisotopic (exact) mass is 454 g/mol. The molecule has 0 amide bonds. The molecule has 0 saturated heterocycles. The Labute approximate surface area is 183 Å². The van der Waals surface area contributed by atoms with Crippen LogP contribution >= 0.6 is 0 Å². The minimum atomic E-state index is -1.55. The van der Waals surface area contributed by atoms with E-state index in [1.165, 1.54) is 0 Å². The summed E-state index contributed by atoms with van der Waals surface area (Å²) in [4.78, 5) is 68.4. The zero-order valence-corrected chi connectivity index (χ0v) is 17.0. The van der Waals surface area contributed by atoms with Gasteiger partial charge in [0.15, 0.2) is 13.2 Å². The van der Waals surface area contributed by atoms with Gasteiger partial charge in [-0.3, -0.25) is 9.59 Å². The molecule has 32 heavy (non-hydrogen) atoms. The Hall–Kier alpha value is -4.22. The van der Waals surface area contributed by atoms with Crippen molar-refractivity contribution >= 4 is 35.8 Å². The molecule has 0 heterocycles. The van der Waals surface area contributed by atoms with Crippen LogP contribution < -0.4 is 0 Å². The van der Waals surface area contributed by atoms with Gasteiger partial charge in [0.25, 0.3) is 12.6 Å². The van der Waals surface area contributed by atoms with Gasteiger partial charge in [0.2, 0.25) is 0 Å². The van der Waals surface area contributed by atoms with Crippen LogP contribution in [0, 0.1) is 0 Å². The van der Waals surface area contributed by atoms with E-state index in [0.29, 0.717) is 0 Å². The van der Waals surface area contributed by atoms with E-state index >= 15 is 0 Å². The van der Waals surface area contributed by atoms with E-state index < -0.39 is 74.5 Å². The Morgan fingerprint density at radius 3 is 1.00 bits per heavy atom. The van der Waals surface area contributed by atoms with E-state index in [0.717, 1.165) is 24.3 Å². The lowest BCUT2D eigenvalue weighted by atomic mass is 10.3. The summed E-state index contributed by atoms with van der Waals surface area (Å²) in [7, 11) is 0. The van der Waals surface area contributed by atoms with E-state index in [-0.39, 0.29) is 0 Å². The molecule has 0 aliphatic rings. The molecule has 0 atom stereocenters. The van der Waals surface area contributed by atoms with E-state index in [9.17, 15) is 28.8 Å². The van der Waals surface area contributed by atoms with Crippen LogP contribution in [0.2, 0.25) is 0 Å². The third kappa shape index (κ3) is 13.1. The summed E-state index contributed by atoms with van der Waals surface area (Å²) < 4.78 is 28.3. The largest absolute Gasteiger partial charge is 0.458 e. The van der Waals surface area contributed by atoms with Crippen molar-refractivity contribution in [2.24, 2.45) is 0 Å². The van der Waals surface area contributed by atoms with Crippen LogP contribution in [0.3, 0.4) is 0 Å². The zero-order valence-electron chi connectivity index (χ0n) is 17.0. The van der Waals surface area contributed by atoms with Crippen molar-refractivity contribution in [2.75, 3.05) is 13.2 Å². The molecule has 12 heteroatoms. The molecule has 174 valence electrons. The maximum Gasteiger partial charge on any atom is 0.333 e. The van der Waals surface area contributed by atoms with E-state index in [1.54, 1.807) is 0 Å². The molecule has 0 aromatic rings. The molecule has 12 nitrogen and oxygen atoms in total. The van der Waals surface area contributed by atoms with Crippen LogP contribution in [0.1, 0.15) is 12.8 Å². The quantitative estimate of drug-likeness (QED) is 0.146. The Morgan fingerprint density at radius 2 is 0.781 bits per heavy atom. The second-order valence-electron chi connectivity index (χ2n) is 5.29. The zero-order chi connectivity index (χ0) is 24.5. The Kier molecular flexibility index (Phi) is 13.5. The van der Waals surface area contributed by atoms with Crippen molar-refractivity contribution in [3.63, 3.8) is 0 Å². The minimum Gasteiger partial charge on any atom is -0.458 e. The van der Waals surface area contributed by atoms with Gasteiger partial charge in [-0.25, -0.2) is 19.2 Å². The van der Waals surface area contributed by atoms with Gasteiger partial charge in [-0.1, -0.05) is 26.3 Å². The van der Waals surface area contributed by atoms with Crippen molar-refractivity contribution in [3.8, 4) is 0 Å². The highest BCUT2D eigenvalue weighted by molar-refractivity contribution is 5.84. The maximum absolute atomic E-state index is 11.8. The van der Waals surface area contributed by atoms with Gasteiger partial charge < -0.3 is 28.4 Å². The lowest BCUT2D eigenvalue weighted by molar-refractivity contribution is -0.195. The number of ether oxygens (including phenoxy) is 6. The second-order valence-corrected chi connectivity index (χ2v) is 5.29. The fourth-order valence-corrected chi connectivity index (χ4v) is 1.57. The molecule has 0 aromatic heterocycles. The standard InChI is InChI=1S/C20H22O12/c1-5-13(21)29-19(30-14(22)6-2)11-27-17(25)9-10-18(26)28-12-20(31-15(23)7-3)32-16(24)8-4/h5-8,19-20H,1-4,9-12H2. The van der Waals surface area contributed by atoms with E-state index in [2.05, 4.69) is 45.3 Å². The average molecular weight is 454 g/mol. The molecule has 0 aliphatic carbocycles. The van der Waals surface area contributed by atoms with Crippen LogP contribution in [-0.4, -0.2) is 61.6 Å². The molecule has 0 unspecified atom stereocenters. The van der Waals surface area contributed by atoms with E-state index in [1.807, 2.05) is 0 Å². The summed E-state index contributed by atoms with van der Waals surface area (Å²) in [6.07, 6.45) is -0.808. The van der Waals surface area contributed by atoms with Crippen LogP contribution in [0.4, 0.5) is 0 Å². The van der Waals surface area contributed by atoms with Gasteiger partial charge in [-0.05, 0) is 0 Å². The third-order valence-corrected chi connectivity index (χ3v) is 2.95. The first-order valence-corrected chi connectivity index (χ1v) is 8.78. The number of hydrogen-bond donors (Lipinski definition) is 0. The van der Waals surface area contributed by atoms with Crippen LogP contribution in [0.25, 0.3) is 0 Å². The minimum absolute atomic E-state index is 0.458. The number of carbonyl (C=O) groups is 6. The molecule has 0 N–H and O–H groups in total. The predicted molar refractivity (Wildman–Crippen MR) is 104 cm³/mol. The molecule has 0 radical (unpaired) electrons. The average Bonchev–Trinajstić information content (AvgIpc) is 2.78. The Balaban J connectivity index is 4.54. The first-order chi connectivity index (χ1) is 15.1. The van der Waals surface area contributed by atoms with Crippen molar-refractivity contribution in [3.05, 3.63) is 50.6 Å². The first kappa shape index (κ1) is 27.8.